The molecule has 0 aliphatic carbocycles. The average molecular weight is 325 g/mol. The van der Waals surface area contributed by atoms with Crippen molar-refractivity contribution in [3.63, 3.8) is 0 Å². The standard InChI is InChI=1S/C20H36O3/c1-2-3-4-5-6-7-8-9-12-15-18-19(23-18)16-13-10-11-14-17-20(21)22/h6-7,18-19H,2-5,8-17H2,1H3,(H,21,22)/b7-6-/t18-,19-/m0/s1. The van der Waals surface area contributed by atoms with E-state index in [1.54, 1.807) is 0 Å². The Morgan fingerprint density at radius 2 is 1.43 bits per heavy atom. The zero-order chi connectivity index (χ0) is 16.8. The van der Waals surface area contributed by atoms with Crippen LogP contribution in [0.2, 0.25) is 0 Å². The van der Waals surface area contributed by atoms with Crippen LogP contribution in [0.15, 0.2) is 12.2 Å². The van der Waals surface area contributed by atoms with Gasteiger partial charge in [0.25, 0.3) is 0 Å². The maximum absolute atomic E-state index is 10.4. The second-order valence-electron chi connectivity index (χ2n) is 6.81. The fourth-order valence-electron chi connectivity index (χ4n) is 3.02. The SMILES string of the molecule is CCCCC/C=C\CCCC[C@@H]1O[C@H]1CCCCCCC(=O)O. The summed E-state index contributed by atoms with van der Waals surface area (Å²) in [4.78, 5) is 10.4. The zero-order valence-electron chi connectivity index (χ0n) is 15.0. The van der Waals surface area contributed by atoms with Gasteiger partial charge in [-0.3, -0.25) is 4.79 Å². The molecule has 3 heteroatoms. The molecule has 1 rings (SSSR count). The second kappa shape index (κ2) is 13.6. The van der Waals surface area contributed by atoms with E-state index in [0.29, 0.717) is 18.6 Å². The van der Waals surface area contributed by atoms with E-state index in [2.05, 4.69) is 19.1 Å². The van der Waals surface area contributed by atoms with Gasteiger partial charge in [-0.1, -0.05) is 57.6 Å². The van der Waals surface area contributed by atoms with Crippen LogP contribution in [0.1, 0.15) is 96.8 Å². The Balaban J connectivity index is 1.80. The predicted octanol–water partition coefficient (Wildman–Crippen LogP) is 5.88. The molecule has 0 aromatic carbocycles. The number of hydrogen-bond acceptors (Lipinski definition) is 2. The first-order valence-corrected chi connectivity index (χ1v) is 9.76. The molecular weight excluding hydrogens is 288 g/mol. The van der Waals surface area contributed by atoms with Crippen LogP contribution in [0.4, 0.5) is 0 Å². The third kappa shape index (κ3) is 12.3. The molecule has 1 aliphatic rings. The molecule has 0 amide bonds. The molecule has 2 atom stereocenters. The maximum Gasteiger partial charge on any atom is 0.303 e. The number of carboxylic acid groups (broad SMARTS) is 1. The number of ether oxygens (including phenoxy) is 1. The van der Waals surface area contributed by atoms with Gasteiger partial charge in [0.05, 0.1) is 12.2 Å². The molecule has 1 fully saturated rings. The molecule has 0 aromatic rings. The van der Waals surface area contributed by atoms with E-state index in [9.17, 15) is 4.79 Å². The van der Waals surface area contributed by atoms with Gasteiger partial charge in [0.2, 0.25) is 0 Å². The highest BCUT2D eigenvalue weighted by Gasteiger charge is 2.36. The smallest absolute Gasteiger partial charge is 0.303 e. The summed E-state index contributed by atoms with van der Waals surface area (Å²) in [5.74, 6) is -0.675. The summed E-state index contributed by atoms with van der Waals surface area (Å²) in [5.41, 5.74) is 0. The molecule has 0 radical (unpaired) electrons. The van der Waals surface area contributed by atoms with Crippen LogP contribution < -0.4 is 0 Å². The quantitative estimate of drug-likeness (QED) is 0.219. The van der Waals surface area contributed by atoms with Gasteiger partial charge in [-0.15, -0.1) is 0 Å². The number of aliphatic carboxylic acids is 1. The maximum atomic E-state index is 10.4. The summed E-state index contributed by atoms with van der Waals surface area (Å²) >= 11 is 0. The van der Waals surface area contributed by atoms with Crippen LogP contribution in [-0.4, -0.2) is 23.3 Å². The summed E-state index contributed by atoms with van der Waals surface area (Å²) in [6, 6.07) is 0. The Hall–Kier alpha value is -0.830. The lowest BCUT2D eigenvalue weighted by molar-refractivity contribution is -0.137. The molecule has 0 spiro atoms. The largest absolute Gasteiger partial charge is 0.481 e. The molecule has 1 aliphatic heterocycles. The van der Waals surface area contributed by atoms with E-state index >= 15 is 0 Å². The lowest BCUT2D eigenvalue weighted by Gasteiger charge is -1.98. The van der Waals surface area contributed by atoms with Crippen molar-refractivity contribution >= 4 is 5.97 Å². The molecule has 3 nitrogen and oxygen atoms in total. The number of epoxide rings is 1. The van der Waals surface area contributed by atoms with Crippen molar-refractivity contribution in [3.05, 3.63) is 12.2 Å². The van der Waals surface area contributed by atoms with Crippen molar-refractivity contribution in [2.45, 2.75) is 109 Å². The van der Waals surface area contributed by atoms with Crippen molar-refractivity contribution in [1.29, 1.82) is 0 Å². The number of carbonyl (C=O) groups is 1. The van der Waals surface area contributed by atoms with Crippen molar-refractivity contribution in [3.8, 4) is 0 Å². The first-order chi connectivity index (χ1) is 11.2. The van der Waals surface area contributed by atoms with Crippen molar-refractivity contribution in [1.82, 2.24) is 0 Å². The van der Waals surface area contributed by atoms with Crippen LogP contribution >= 0.6 is 0 Å². The van der Waals surface area contributed by atoms with Crippen molar-refractivity contribution in [2.24, 2.45) is 0 Å². The highest BCUT2D eigenvalue weighted by Crippen LogP contribution is 2.31. The van der Waals surface area contributed by atoms with Crippen LogP contribution in [0.5, 0.6) is 0 Å². The topological polar surface area (TPSA) is 49.8 Å². The number of allylic oxidation sites excluding steroid dienone is 2. The van der Waals surface area contributed by atoms with Crippen molar-refractivity contribution in [2.75, 3.05) is 0 Å². The Bertz CT molecular complexity index is 325. The van der Waals surface area contributed by atoms with E-state index in [4.69, 9.17) is 9.84 Å². The molecule has 23 heavy (non-hydrogen) atoms. The fourth-order valence-corrected chi connectivity index (χ4v) is 3.02. The van der Waals surface area contributed by atoms with E-state index in [1.165, 1.54) is 57.8 Å². The molecule has 134 valence electrons. The third-order valence-corrected chi connectivity index (χ3v) is 4.57. The van der Waals surface area contributed by atoms with Crippen LogP contribution in [0.3, 0.4) is 0 Å². The van der Waals surface area contributed by atoms with Crippen LogP contribution in [-0.2, 0) is 9.53 Å². The van der Waals surface area contributed by atoms with Gasteiger partial charge in [0.15, 0.2) is 0 Å². The molecule has 1 N–H and O–H groups in total. The number of rotatable bonds is 16. The Morgan fingerprint density at radius 3 is 2.04 bits per heavy atom. The number of carboxylic acids is 1. The predicted molar refractivity (Wildman–Crippen MR) is 95.7 cm³/mol. The van der Waals surface area contributed by atoms with E-state index in [-0.39, 0.29) is 0 Å². The lowest BCUT2D eigenvalue weighted by atomic mass is 10.0. The van der Waals surface area contributed by atoms with Gasteiger partial charge in [0, 0.05) is 6.42 Å². The molecular formula is C20H36O3. The summed E-state index contributed by atoms with van der Waals surface area (Å²) in [6.07, 6.45) is 21.6. The number of unbranched alkanes of at least 4 members (excludes halogenated alkanes) is 8. The van der Waals surface area contributed by atoms with Gasteiger partial charge in [0.1, 0.15) is 0 Å². The normalized spacial score (nSPS) is 20.2. The summed E-state index contributed by atoms with van der Waals surface area (Å²) in [6.45, 7) is 2.25. The first-order valence-electron chi connectivity index (χ1n) is 9.76. The van der Waals surface area contributed by atoms with Gasteiger partial charge >= 0.3 is 5.97 Å². The molecule has 1 heterocycles. The van der Waals surface area contributed by atoms with Gasteiger partial charge in [-0.05, 0) is 44.9 Å². The zero-order valence-corrected chi connectivity index (χ0v) is 15.0. The van der Waals surface area contributed by atoms with Crippen LogP contribution in [0.25, 0.3) is 0 Å². The average Bonchev–Trinajstić information content (AvgIpc) is 3.27. The number of hydrogen-bond donors (Lipinski definition) is 1. The minimum atomic E-state index is -0.675. The van der Waals surface area contributed by atoms with E-state index in [1.807, 2.05) is 0 Å². The monoisotopic (exact) mass is 324 g/mol. The highest BCUT2D eigenvalue weighted by atomic mass is 16.6. The summed E-state index contributed by atoms with van der Waals surface area (Å²) < 4.78 is 5.72. The molecule has 0 saturated carbocycles. The van der Waals surface area contributed by atoms with Gasteiger partial charge in [-0.2, -0.15) is 0 Å². The minimum absolute atomic E-state index is 0.315. The van der Waals surface area contributed by atoms with Gasteiger partial charge < -0.3 is 9.84 Å². The Kier molecular flexibility index (Phi) is 11.9. The molecule has 0 bridgehead atoms. The van der Waals surface area contributed by atoms with Gasteiger partial charge in [-0.25, -0.2) is 0 Å². The summed E-state index contributed by atoms with van der Waals surface area (Å²) in [7, 11) is 0. The highest BCUT2D eigenvalue weighted by molar-refractivity contribution is 5.66. The molecule has 0 aromatic heterocycles. The fraction of sp³-hybridized carbons (Fsp3) is 0.850. The van der Waals surface area contributed by atoms with Crippen LogP contribution in [0, 0.1) is 0 Å². The first kappa shape index (κ1) is 20.2. The van der Waals surface area contributed by atoms with Crippen molar-refractivity contribution < 1.29 is 14.6 Å². The van der Waals surface area contributed by atoms with E-state index < -0.39 is 5.97 Å². The third-order valence-electron chi connectivity index (χ3n) is 4.57. The second-order valence-corrected chi connectivity index (χ2v) is 6.81. The lowest BCUT2D eigenvalue weighted by Crippen LogP contribution is -1.96. The minimum Gasteiger partial charge on any atom is -0.481 e. The Labute approximate surface area is 142 Å². The molecule has 1 saturated heterocycles. The molecule has 0 unspecified atom stereocenters. The Morgan fingerprint density at radius 1 is 0.870 bits per heavy atom. The summed E-state index contributed by atoms with van der Waals surface area (Å²) in [5, 5.41) is 8.56. The van der Waals surface area contributed by atoms with E-state index in [0.717, 1.165) is 25.7 Å².